The Bertz CT molecular complexity index is 922. The minimum atomic E-state index is -0.169. The van der Waals surface area contributed by atoms with Gasteiger partial charge in [0.2, 0.25) is 11.8 Å². The molecule has 0 aliphatic carbocycles. The molecule has 0 fully saturated rings. The van der Waals surface area contributed by atoms with Gasteiger partial charge in [-0.1, -0.05) is 24.3 Å². The van der Waals surface area contributed by atoms with Crippen molar-refractivity contribution >= 4 is 23.2 Å². The molecule has 0 saturated carbocycles. The quantitative estimate of drug-likeness (QED) is 0.725. The van der Waals surface area contributed by atoms with E-state index in [-0.39, 0.29) is 31.3 Å². The van der Waals surface area contributed by atoms with E-state index in [1.54, 1.807) is 16.8 Å². The highest BCUT2D eigenvalue weighted by atomic mass is 16.2. The molecule has 1 N–H and O–H groups in total. The van der Waals surface area contributed by atoms with Crippen LogP contribution < -0.4 is 10.2 Å². The molecule has 0 radical (unpaired) electrons. The molecule has 0 aliphatic rings. The fraction of sp³-hybridized carbons (Fsp3) is 0.375. The van der Waals surface area contributed by atoms with Gasteiger partial charge in [0.25, 0.3) is 0 Å². The summed E-state index contributed by atoms with van der Waals surface area (Å²) in [5, 5.41) is 11.9. The molecule has 6 nitrogen and oxygen atoms in total. The van der Waals surface area contributed by atoms with Gasteiger partial charge in [0.15, 0.2) is 0 Å². The topological polar surface area (TPSA) is 76.4 Å². The SMILES string of the molecule is Cc1cc(C)cc(N(CCC#N)C(=O)CN(C)CC(=O)Nc2c(C)cccc2C)c1. The van der Waals surface area contributed by atoms with Crippen molar-refractivity contribution in [1.29, 1.82) is 5.26 Å². The lowest BCUT2D eigenvalue weighted by molar-refractivity contribution is -0.121. The Hall–Kier alpha value is -3.17. The third kappa shape index (κ3) is 6.43. The van der Waals surface area contributed by atoms with Crippen LogP contribution in [0.2, 0.25) is 0 Å². The molecule has 0 atom stereocenters. The van der Waals surface area contributed by atoms with Gasteiger partial charge in [-0.3, -0.25) is 14.5 Å². The zero-order chi connectivity index (χ0) is 22.3. The van der Waals surface area contributed by atoms with Crippen molar-refractivity contribution in [2.75, 3.05) is 36.9 Å². The number of nitriles is 1. The average molecular weight is 407 g/mol. The summed E-state index contributed by atoms with van der Waals surface area (Å²) in [4.78, 5) is 28.8. The fourth-order valence-electron chi connectivity index (χ4n) is 3.47. The largest absolute Gasteiger partial charge is 0.324 e. The fourth-order valence-corrected chi connectivity index (χ4v) is 3.47. The van der Waals surface area contributed by atoms with Crippen LogP contribution in [0.4, 0.5) is 11.4 Å². The summed E-state index contributed by atoms with van der Waals surface area (Å²) in [5.41, 5.74) is 5.70. The Morgan fingerprint density at radius 1 is 1.00 bits per heavy atom. The molecular formula is C24H30N4O2. The average Bonchev–Trinajstić information content (AvgIpc) is 2.64. The highest BCUT2D eigenvalue weighted by Gasteiger charge is 2.19. The van der Waals surface area contributed by atoms with Gasteiger partial charge in [-0.05, 0) is 69.1 Å². The van der Waals surface area contributed by atoms with E-state index in [1.807, 2.05) is 64.1 Å². The van der Waals surface area contributed by atoms with Crippen LogP contribution in [0.5, 0.6) is 0 Å². The van der Waals surface area contributed by atoms with Gasteiger partial charge in [0.1, 0.15) is 0 Å². The molecule has 0 aliphatic heterocycles. The maximum Gasteiger partial charge on any atom is 0.241 e. The first kappa shape index (κ1) is 23.1. The normalized spacial score (nSPS) is 10.6. The van der Waals surface area contributed by atoms with Crippen LogP contribution in [0.15, 0.2) is 36.4 Å². The maximum absolute atomic E-state index is 13.0. The second kappa shape index (κ2) is 10.6. The summed E-state index contributed by atoms with van der Waals surface area (Å²) in [6, 6.07) is 13.9. The molecule has 0 heterocycles. The van der Waals surface area contributed by atoms with Gasteiger partial charge in [-0.15, -0.1) is 0 Å². The smallest absolute Gasteiger partial charge is 0.241 e. The van der Waals surface area contributed by atoms with E-state index < -0.39 is 0 Å². The zero-order valence-electron chi connectivity index (χ0n) is 18.5. The standard InChI is InChI=1S/C24H30N4O2/c1-17-12-18(2)14-21(13-17)28(11-7-10-25)23(30)16-27(5)15-22(29)26-24-19(3)8-6-9-20(24)4/h6,8-9,12-14H,7,11,15-16H2,1-5H3,(H,26,29). The Morgan fingerprint density at radius 2 is 1.60 bits per heavy atom. The van der Waals surface area contributed by atoms with E-state index in [2.05, 4.69) is 11.4 Å². The van der Waals surface area contributed by atoms with Gasteiger partial charge < -0.3 is 10.2 Å². The number of benzene rings is 2. The number of likely N-dealkylation sites (N-methyl/N-ethyl adjacent to an activating group) is 1. The van der Waals surface area contributed by atoms with Crippen molar-refractivity contribution in [1.82, 2.24) is 4.90 Å². The molecule has 6 heteroatoms. The van der Waals surface area contributed by atoms with Crippen LogP contribution in [-0.2, 0) is 9.59 Å². The third-order valence-electron chi connectivity index (χ3n) is 4.83. The summed E-state index contributed by atoms with van der Waals surface area (Å²) >= 11 is 0. The van der Waals surface area contributed by atoms with Crippen molar-refractivity contribution in [3.63, 3.8) is 0 Å². The van der Waals surface area contributed by atoms with Crippen molar-refractivity contribution in [3.05, 3.63) is 58.7 Å². The number of aryl methyl sites for hydroxylation is 4. The lowest BCUT2D eigenvalue weighted by atomic mass is 10.1. The van der Waals surface area contributed by atoms with Gasteiger partial charge in [-0.25, -0.2) is 0 Å². The molecular weight excluding hydrogens is 376 g/mol. The number of amides is 2. The number of rotatable bonds is 8. The van der Waals surface area contributed by atoms with E-state index in [0.717, 1.165) is 33.6 Å². The molecule has 2 aromatic rings. The lowest BCUT2D eigenvalue weighted by Crippen LogP contribution is -2.42. The second-order valence-corrected chi connectivity index (χ2v) is 7.79. The number of para-hydroxylation sites is 1. The molecule has 0 unspecified atom stereocenters. The molecule has 2 rings (SSSR count). The van der Waals surface area contributed by atoms with E-state index in [1.165, 1.54) is 0 Å². The monoisotopic (exact) mass is 406 g/mol. The van der Waals surface area contributed by atoms with Gasteiger partial charge in [0, 0.05) is 17.9 Å². The predicted molar refractivity (Wildman–Crippen MR) is 121 cm³/mol. The van der Waals surface area contributed by atoms with Crippen LogP contribution >= 0.6 is 0 Å². The summed E-state index contributed by atoms with van der Waals surface area (Å²) in [5.74, 6) is -0.310. The van der Waals surface area contributed by atoms with Gasteiger partial charge >= 0.3 is 0 Å². The highest BCUT2D eigenvalue weighted by Crippen LogP contribution is 2.20. The minimum absolute atomic E-state index is 0.0819. The van der Waals surface area contributed by atoms with Crippen LogP contribution in [0.1, 0.15) is 28.7 Å². The summed E-state index contributed by atoms with van der Waals surface area (Å²) in [7, 11) is 1.74. The first-order chi connectivity index (χ1) is 14.2. The van der Waals surface area contributed by atoms with Crippen LogP contribution in [0.3, 0.4) is 0 Å². The zero-order valence-corrected chi connectivity index (χ0v) is 18.5. The Morgan fingerprint density at radius 3 is 2.17 bits per heavy atom. The van der Waals surface area contributed by atoms with Crippen LogP contribution in [-0.4, -0.2) is 43.4 Å². The molecule has 0 bridgehead atoms. The molecule has 0 saturated heterocycles. The molecule has 30 heavy (non-hydrogen) atoms. The maximum atomic E-state index is 13.0. The first-order valence-corrected chi connectivity index (χ1v) is 10.0. The number of hydrogen-bond acceptors (Lipinski definition) is 4. The van der Waals surface area contributed by atoms with Crippen LogP contribution in [0.25, 0.3) is 0 Å². The lowest BCUT2D eigenvalue weighted by Gasteiger charge is -2.25. The summed E-state index contributed by atoms with van der Waals surface area (Å²) in [6.07, 6.45) is 0.246. The van der Waals surface area contributed by atoms with Crippen molar-refractivity contribution in [2.24, 2.45) is 0 Å². The number of nitrogens with one attached hydrogen (secondary N) is 1. The Balaban J connectivity index is 2.05. The molecule has 0 aromatic heterocycles. The predicted octanol–water partition coefficient (Wildman–Crippen LogP) is 3.74. The number of carbonyl (C=O) groups is 2. The van der Waals surface area contributed by atoms with Crippen molar-refractivity contribution in [2.45, 2.75) is 34.1 Å². The second-order valence-electron chi connectivity index (χ2n) is 7.79. The van der Waals surface area contributed by atoms with Gasteiger partial charge in [-0.2, -0.15) is 5.26 Å². The Kier molecular flexibility index (Phi) is 8.14. The van der Waals surface area contributed by atoms with E-state index in [4.69, 9.17) is 5.26 Å². The molecule has 2 amide bonds. The number of nitrogens with zero attached hydrogens (tertiary/aromatic N) is 3. The Labute approximate surface area is 179 Å². The van der Waals surface area contributed by atoms with Crippen molar-refractivity contribution < 1.29 is 9.59 Å². The first-order valence-electron chi connectivity index (χ1n) is 10.0. The third-order valence-corrected chi connectivity index (χ3v) is 4.83. The van der Waals surface area contributed by atoms with E-state index in [9.17, 15) is 9.59 Å². The van der Waals surface area contributed by atoms with Crippen molar-refractivity contribution in [3.8, 4) is 6.07 Å². The summed E-state index contributed by atoms with van der Waals surface area (Å²) in [6.45, 7) is 8.36. The molecule has 2 aromatic carbocycles. The van der Waals surface area contributed by atoms with E-state index in [0.29, 0.717) is 6.54 Å². The number of carbonyl (C=O) groups excluding carboxylic acids is 2. The molecule has 0 spiro atoms. The van der Waals surface area contributed by atoms with Gasteiger partial charge in [0.05, 0.1) is 25.6 Å². The number of anilines is 2. The summed E-state index contributed by atoms with van der Waals surface area (Å²) < 4.78 is 0. The highest BCUT2D eigenvalue weighted by molar-refractivity contribution is 5.96. The molecule has 158 valence electrons. The van der Waals surface area contributed by atoms with Crippen LogP contribution in [0, 0.1) is 39.0 Å². The minimum Gasteiger partial charge on any atom is -0.324 e. The number of hydrogen-bond donors (Lipinski definition) is 1. The van der Waals surface area contributed by atoms with E-state index >= 15 is 0 Å².